The number of hydrogen-bond donors (Lipinski definition) is 3. The van der Waals surface area contributed by atoms with E-state index in [0.29, 0.717) is 46.1 Å². The Bertz CT molecular complexity index is 1110. The number of aromatic hydroxyl groups is 2. The highest BCUT2D eigenvalue weighted by atomic mass is 16.5. The van der Waals surface area contributed by atoms with Crippen molar-refractivity contribution in [2.24, 2.45) is 0 Å². The van der Waals surface area contributed by atoms with Crippen molar-refractivity contribution in [3.63, 3.8) is 0 Å². The monoisotopic (exact) mass is 436 g/mol. The van der Waals surface area contributed by atoms with Crippen LogP contribution >= 0.6 is 0 Å². The molecule has 0 amide bonds. The number of phenolic OH excluding ortho intramolecular Hbond substituents is 2. The largest absolute Gasteiger partial charge is 0.508 e. The number of rotatable bonds is 8. The zero-order valence-electron chi connectivity index (χ0n) is 18.7. The lowest BCUT2D eigenvalue weighted by Crippen LogP contribution is -2.02. The normalized spacial score (nSPS) is 10.5. The fraction of sp³-hybridized carbons (Fsp3) is 0.231. The Hall–Kier alpha value is -3.64. The van der Waals surface area contributed by atoms with Gasteiger partial charge in [0.1, 0.15) is 23.9 Å². The van der Waals surface area contributed by atoms with Gasteiger partial charge in [-0.3, -0.25) is 0 Å². The van der Waals surface area contributed by atoms with Crippen molar-refractivity contribution in [1.29, 1.82) is 0 Å². The molecule has 3 rings (SSSR count). The summed E-state index contributed by atoms with van der Waals surface area (Å²) in [6, 6.07) is 13.6. The summed E-state index contributed by atoms with van der Waals surface area (Å²) in [6.07, 6.45) is 1.92. The van der Waals surface area contributed by atoms with Gasteiger partial charge < -0.3 is 29.5 Å². The maximum atomic E-state index is 10.5. The van der Waals surface area contributed by atoms with Crippen LogP contribution in [0.3, 0.4) is 0 Å². The Balaban J connectivity index is 2.13. The first kappa shape index (κ1) is 23.0. The standard InChI is InChI=1S/C26H28O6/c1-16(2)11-12-32-23-10-7-18(13-22(23)29)25-21(15-27)26(31-4)20(14-24(25)30-3)17-5-8-19(28)9-6-17/h5-11,13-14,27-29H,12,15H2,1-4H3. The van der Waals surface area contributed by atoms with Crippen molar-refractivity contribution in [1.82, 2.24) is 0 Å². The van der Waals surface area contributed by atoms with Gasteiger partial charge in [-0.2, -0.15) is 0 Å². The Morgan fingerprint density at radius 2 is 1.56 bits per heavy atom. The number of aliphatic hydroxyl groups excluding tert-OH is 1. The summed E-state index contributed by atoms with van der Waals surface area (Å²) in [5.74, 6) is 1.49. The molecule has 0 spiro atoms. The second-order valence-electron chi connectivity index (χ2n) is 7.49. The first-order chi connectivity index (χ1) is 15.4. The van der Waals surface area contributed by atoms with Gasteiger partial charge in [-0.05, 0) is 61.4 Å². The summed E-state index contributed by atoms with van der Waals surface area (Å²) in [6.45, 7) is 4.00. The van der Waals surface area contributed by atoms with E-state index in [1.807, 2.05) is 26.0 Å². The molecule has 0 fully saturated rings. The second-order valence-corrected chi connectivity index (χ2v) is 7.49. The Morgan fingerprint density at radius 3 is 2.12 bits per heavy atom. The van der Waals surface area contributed by atoms with Crippen LogP contribution in [-0.2, 0) is 6.61 Å². The van der Waals surface area contributed by atoms with E-state index < -0.39 is 0 Å². The fourth-order valence-corrected chi connectivity index (χ4v) is 3.50. The third kappa shape index (κ3) is 4.81. The van der Waals surface area contributed by atoms with Gasteiger partial charge in [-0.25, -0.2) is 0 Å². The lowest BCUT2D eigenvalue weighted by Gasteiger charge is -2.20. The van der Waals surface area contributed by atoms with Crippen LogP contribution in [0.15, 0.2) is 60.2 Å². The molecule has 0 saturated carbocycles. The summed E-state index contributed by atoms with van der Waals surface area (Å²) in [4.78, 5) is 0. The smallest absolute Gasteiger partial charge is 0.161 e. The van der Waals surface area contributed by atoms with E-state index in [1.165, 1.54) is 7.11 Å². The van der Waals surface area contributed by atoms with Gasteiger partial charge in [-0.15, -0.1) is 0 Å². The van der Waals surface area contributed by atoms with Crippen molar-refractivity contribution < 1.29 is 29.5 Å². The highest BCUT2D eigenvalue weighted by Gasteiger charge is 2.22. The van der Waals surface area contributed by atoms with E-state index in [9.17, 15) is 15.3 Å². The molecule has 3 N–H and O–H groups in total. The SMILES string of the molecule is COc1cc(-c2ccc(O)cc2)c(OC)c(CO)c1-c1ccc(OCC=C(C)C)c(O)c1. The van der Waals surface area contributed by atoms with Crippen LogP contribution in [0.25, 0.3) is 22.3 Å². The topological polar surface area (TPSA) is 88.4 Å². The molecule has 0 aromatic heterocycles. The summed E-state index contributed by atoms with van der Waals surface area (Å²) in [5.41, 5.74) is 4.41. The van der Waals surface area contributed by atoms with Crippen LogP contribution in [0.5, 0.6) is 28.7 Å². The molecule has 3 aromatic carbocycles. The first-order valence-electron chi connectivity index (χ1n) is 10.2. The van der Waals surface area contributed by atoms with Crippen LogP contribution in [0.4, 0.5) is 0 Å². The Kier molecular flexibility index (Phi) is 7.28. The number of ether oxygens (including phenoxy) is 3. The van der Waals surface area contributed by atoms with E-state index in [-0.39, 0.29) is 18.1 Å². The van der Waals surface area contributed by atoms with E-state index in [2.05, 4.69) is 0 Å². The van der Waals surface area contributed by atoms with Gasteiger partial charge in [0.15, 0.2) is 11.5 Å². The molecular weight excluding hydrogens is 408 g/mol. The zero-order chi connectivity index (χ0) is 23.3. The van der Waals surface area contributed by atoms with Crippen molar-refractivity contribution >= 4 is 0 Å². The van der Waals surface area contributed by atoms with Crippen molar-refractivity contribution in [2.75, 3.05) is 20.8 Å². The summed E-state index contributed by atoms with van der Waals surface area (Å²) in [5, 5.41) is 30.4. The summed E-state index contributed by atoms with van der Waals surface area (Å²) >= 11 is 0. The molecule has 0 aliphatic rings. The molecule has 3 aromatic rings. The van der Waals surface area contributed by atoms with E-state index >= 15 is 0 Å². The first-order valence-corrected chi connectivity index (χ1v) is 10.2. The molecule has 0 bridgehead atoms. The van der Waals surface area contributed by atoms with Crippen molar-refractivity contribution in [3.05, 3.63) is 65.7 Å². The maximum absolute atomic E-state index is 10.5. The van der Waals surface area contributed by atoms with E-state index in [0.717, 1.165) is 11.1 Å². The van der Waals surface area contributed by atoms with Gasteiger partial charge in [-0.1, -0.05) is 23.8 Å². The molecule has 32 heavy (non-hydrogen) atoms. The maximum Gasteiger partial charge on any atom is 0.161 e. The zero-order valence-corrected chi connectivity index (χ0v) is 18.7. The molecule has 6 nitrogen and oxygen atoms in total. The number of hydrogen-bond acceptors (Lipinski definition) is 6. The summed E-state index contributed by atoms with van der Waals surface area (Å²) < 4.78 is 17.0. The molecule has 0 saturated heterocycles. The molecule has 168 valence electrons. The molecule has 0 aliphatic heterocycles. The molecule has 0 heterocycles. The Labute approximate surface area is 187 Å². The highest BCUT2D eigenvalue weighted by molar-refractivity contribution is 5.85. The van der Waals surface area contributed by atoms with Gasteiger partial charge >= 0.3 is 0 Å². The van der Waals surface area contributed by atoms with Gasteiger partial charge in [0.05, 0.1) is 20.8 Å². The number of aliphatic hydroxyl groups is 1. The van der Waals surface area contributed by atoms with Crippen LogP contribution in [-0.4, -0.2) is 36.1 Å². The van der Waals surface area contributed by atoms with Crippen LogP contribution < -0.4 is 14.2 Å². The van der Waals surface area contributed by atoms with Gasteiger partial charge in [0.25, 0.3) is 0 Å². The lowest BCUT2D eigenvalue weighted by atomic mass is 9.92. The molecule has 0 atom stereocenters. The average molecular weight is 437 g/mol. The molecular formula is C26H28O6. The third-order valence-electron chi connectivity index (χ3n) is 5.08. The van der Waals surface area contributed by atoms with Crippen LogP contribution in [0.1, 0.15) is 19.4 Å². The number of benzene rings is 3. The van der Waals surface area contributed by atoms with E-state index in [4.69, 9.17) is 14.2 Å². The Morgan fingerprint density at radius 1 is 0.875 bits per heavy atom. The van der Waals surface area contributed by atoms with Crippen molar-refractivity contribution in [3.8, 4) is 51.0 Å². The average Bonchev–Trinajstić information content (AvgIpc) is 2.78. The van der Waals surface area contributed by atoms with Crippen LogP contribution in [0.2, 0.25) is 0 Å². The minimum atomic E-state index is -0.305. The predicted octanol–water partition coefficient (Wildman–Crippen LogP) is 5.29. The minimum absolute atomic E-state index is 0.0165. The molecule has 0 aliphatic carbocycles. The molecule has 0 unspecified atom stereocenters. The second kappa shape index (κ2) is 10.1. The highest BCUT2D eigenvalue weighted by Crippen LogP contribution is 2.46. The number of allylic oxidation sites excluding steroid dienone is 1. The molecule has 0 radical (unpaired) electrons. The predicted molar refractivity (Wildman–Crippen MR) is 125 cm³/mol. The summed E-state index contributed by atoms with van der Waals surface area (Å²) in [7, 11) is 3.08. The third-order valence-corrected chi connectivity index (χ3v) is 5.08. The minimum Gasteiger partial charge on any atom is -0.508 e. The molecule has 6 heteroatoms. The number of methoxy groups -OCH3 is 2. The quantitative estimate of drug-likeness (QED) is 0.416. The van der Waals surface area contributed by atoms with E-state index in [1.54, 1.807) is 49.6 Å². The van der Waals surface area contributed by atoms with Gasteiger partial charge in [0.2, 0.25) is 0 Å². The van der Waals surface area contributed by atoms with Crippen LogP contribution in [0, 0.1) is 0 Å². The van der Waals surface area contributed by atoms with Crippen molar-refractivity contribution in [2.45, 2.75) is 20.5 Å². The number of phenols is 2. The van der Waals surface area contributed by atoms with Gasteiger partial charge in [0, 0.05) is 16.7 Å². The lowest BCUT2D eigenvalue weighted by molar-refractivity contribution is 0.273. The fourth-order valence-electron chi connectivity index (χ4n) is 3.50.